The van der Waals surface area contributed by atoms with E-state index in [4.69, 9.17) is 4.74 Å². The number of rotatable bonds is 4. The highest BCUT2D eigenvalue weighted by atomic mass is 79.9. The number of ether oxygens (including phenoxy) is 1. The zero-order valence-corrected chi connectivity index (χ0v) is 11.8. The summed E-state index contributed by atoms with van der Waals surface area (Å²) in [5.74, 6) is -2.76. The van der Waals surface area contributed by atoms with E-state index in [0.29, 0.717) is 0 Å². The molecule has 0 aliphatic rings. The van der Waals surface area contributed by atoms with E-state index < -0.39 is 28.0 Å². The SMILES string of the molecule is O=Cc1cc(Oc2cc(Br)cc(F)c2F)ccc1[N+](=O)[O-]. The van der Waals surface area contributed by atoms with E-state index in [0.717, 1.165) is 18.2 Å². The molecule has 0 aromatic heterocycles. The molecule has 5 nitrogen and oxygen atoms in total. The van der Waals surface area contributed by atoms with Crippen molar-refractivity contribution >= 4 is 27.9 Å². The Morgan fingerprint density at radius 1 is 1.24 bits per heavy atom. The first-order chi connectivity index (χ1) is 9.92. The maximum absolute atomic E-state index is 13.6. The molecule has 0 saturated carbocycles. The van der Waals surface area contributed by atoms with Crippen LogP contribution in [0, 0.1) is 21.7 Å². The van der Waals surface area contributed by atoms with Crippen molar-refractivity contribution in [2.24, 2.45) is 0 Å². The van der Waals surface area contributed by atoms with Gasteiger partial charge in [-0.15, -0.1) is 0 Å². The van der Waals surface area contributed by atoms with Gasteiger partial charge >= 0.3 is 0 Å². The Bertz CT molecular complexity index is 736. The highest BCUT2D eigenvalue weighted by Gasteiger charge is 2.16. The first kappa shape index (κ1) is 15.0. The summed E-state index contributed by atoms with van der Waals surface area (Å²) in [4.78, 5) is 20.8. The van der Waals surface area contributed by atoms with Crippen molar-refractivity contribution in [3.8, 4) is 11.5 Å². The molecule has 0 N–H and O–H groups in total. The molecule has 2 aromatic carbocycles. The van der Waals surface area contributed by atoms with E-state index in [2.05, 4.69) is 15.9 Å². The molecular formula is C13H6BrF2NO4. The van der Waals surface area contributed by atoms with Crippen LogP contribution in [-0.4, -0.2) is 11.2 Å². The minimum atomic E-state index is -1.20. The summed E-state index contributed by atoms with van der Waals surface area (Å²) < 4.78 is 32.2. The molecule has 0 bridgehead atoms. The van der Waals surface area contributed by atoms with Gasteiger partial charge in [-0.25, -0.2) is 4.39 Å². The Morgan fingerprint density at radius 3 is 2.57 bits per heavy atom. The standard InChI is InChI=1S/C13H6BrF2NO4/c14-8-4-10(15)13(16)12(5-8)21-9-1-2-11(17(19)20)7(3-9)6-18/h1-6H. The van der Waals surface area contributed by atoms with Crippen molar-refractivity contribution in [1.82, 2.24) is 0 Å². The van der Waals surface area contributed by atoms with Crippen molar-refractivity contribution in [3.63, 3.8) is 0 Å². The second-order valence-electron chi connectivity index (χ2n) is 3.90. The minimum Gasteiger partial charge on any atom is -0.454 e. The van der Waals surface area contributed by atoms with E-state index >= 15 is 0 Å². The largest absolute Gasteiger partial charge is 0.454 e. The van der Waals surface area contributed by atoms with Crippen LogP contribution in [0.25, 0.3) is 0 Å². The van der Waals surface area contributed by atoms with Gasteiger partial charge in [0, 0.05) is 10.5 Å². The third kappa shape index (κ3) is 3.22. The number of carbonyl (C=O) groups excluding carboxylic acids is 1. The van der Waals surface area contributed by atoms with Crippen LogP contribution in [0.5, 0.6) is 11.5 Å². The second kappa shape index (κ2) is 5.96. The first-order valence-electron chi connectivity index (χ1n) is 5.48. The third-order valence-corrected chi connectivity index (χ3v) is 2.97. The van der Waals surface area contributed by atoms with Gasteiger partial charge in [0.2, 0.25) is 5.82 Å². The van der Waals surface area contributed by atoms with E-state index in [9.17, 15) is 23.7 Å². The first-order valence-corrected chi connectivity index (χ1v) is 6.27. The summed E-state index contributed by atoms with van der Waals surface area (Å²) in [6.45, 7) is 0. The number of hydrogen-bond donors (Lipinski definition) is 0. The van der Waals surface area contributed by atoms with Gasteiger partial charge in [0.1, 0.15) is 5.75 Å². The lowest BCUT2D eigenvalue weighted by molar-refractivity contribution is -0.385. The monoisotopic (exact) mass is 357 g/mol. The Balaban J connectivity index is 2.41. The minimum absolute atomic E-state index is 0.0286. The number of carbonyl (C=O) groups is 1. The Hall–Kier alpha value is -2.35. The predicted molar refractivity (Wildman–Crippen MR) is 72.6 cm³/mol. The maximum Gasteiger partial charge on any atom is 0.280 e. The molecule has 8 heteroatoms. The summed E-state index contributed by atoms with van der Waals surface area (Å²) in [6, 6.07) is 5.42. The lowest BCUT2D eigenvalue weighted by Crippen LogP contribution is -1.96. The van der Waals surface area contributed by atoms with Gasteiger partial charge in [0.25, 0.3) is 5.69 Å². The normalized spacial score (nSPS) is 10.2. The summed E-state index contributed by atoms with van der Waals surface area (Å²) in [6.07, 6.45) is 0.281. The molecule has 0 radical (unpaired) electrons. The molecule has 0 aliphatic carbocycles. The van der Waals surface area contributed by atoms with Crippen LogP contribution < -0.4 is 4.74 Å². The van der Waals surface area contributed by atoms with Gasteiger partial charge in [-0.05, 0) is 24.3 Å². The van der Waals surface area contributed by atoms with E-state index in [1.807, 2.05) is 0 Å². The highest BCUT2D eigenvalue weighted by molar-refractivity contribution is 9.10. The van der Waals surface area contributed by atoms with Gasteiger partial charge in [-0.1, -0.05) is 15.9 Å². The van der Waals surface area contributed by atoms with Crippen LogP contribution >= 0.6 is 15.9 Å². The van der Waals surface area contributed by atoms with Crippen LogP contribution in [0.1, 0.15) is 10.4 Å². The number of nitrogens with zero attached hydrogens (tertiary/aromatic N) is 1. The quantitative estimate of drug-likeness (QED) is 0.355. The van der Waals surface area contributed by atoms with Crippen molar-refractivity contribution < 1.29 is 23.2 Å². The summed E-state index contributed by atoms with van der Waals surface area (Å²) in [5.41, 5.74) is -0.633. The van der Waals surface area contributed by atoms with Crippen LogP contribution in [-0.2, 0) is 0 Å². The van der Waals surface area contributed by atoms with Gasteiger partial charge in [-0.2, -0.15) is 4.39 Å². The molecule has 0 aliphatic heterocycles. The van der Waals surface area contributed by atoms with E-state index in [-0.39, 0.29) is 22.1 Å². The number of nitro benzene ring substituents is 1. The van der Waals surface area contributed by atoms with E-state index in [1.54, 1.807) is 0 Å². The lowest BCUT2D eigenvalue weighted by atomic mass is 10.2. The van der Waals surface area contributed by atoms with Crippen molar-refractivity contribution in [3.05, 3.63) is 62.1 Å². The Labute approximate surface area is 125 Å². The fourth-order valence-electron chi connectivity index (χ4n) is 1.59. The third-order valence-electron chi connectivity index (χ3n) is 2.51. The van der Waals surface area contributed by atoms with E-state index in [1.165, 1.54) is 12.1 Å². The summed E-state index contributed by atoms with van der Waals surface area (Å²) in [7, 11) is 0. The molecule has 0 amide bonds. The zero-order valence-electron chi connectivity index (χ0n) is 10.2. The van der Waals surface area contributed by atoms with Gasteiger partial charge in [0.05, 0.1) is 10.5 Å². The molecule has 0 unspecified atom stereocenters. The highest BCUT2D eigenvalue weighted by Crippen LogP contribution is 2.31. The van der Waals surface area contributed by atoms with Crippen molar-refractivity contribution in [1.29, 1.82) is 0 Å². The average molecular weight is 358 g/mol. The van der Waals surface area contributed by atoms with Gasteiger partial charge < -0.3 is 4.74 Å². The fourth-order valence-corrected chi connectivity index (χ4v) is 2.00. The number of nitro groups is 1. The number of halogens is 3. The second-order valence-corrected chi connectivity index (χ2v) is 4.81. The van der Waals surface area contributed by atoms with Crippen molar-refractivity contribution in [2.45, 2.75) is 0 Å². The maximum atomic E-state index is 13.6. The Morgan fingerprint density at radius 2 is 1.95 bits per heavy atom. The summed E-state index contributed by atoms with van der Waals surface area (Å²) >= 11 is 2.99. The smallest absolute Gasteiger partial charge is 0.280 e. The molecule has 0 fully saturated rings. The topological polar surface area (TPSA) is 69.4 Å². The number of hydrogen-bond acceptors (Lipinski definition) is 4. The van der Waals surface area contributed by atoms with Crippen LogP contribution in [0.2, 0.25) is 0 Å². The molecule has 2 aromatic rings. The fraction of sp³-hybridized carbons (Fsp3) is 0. The Kier molecular flexibility index (Phi) is 4.27. The van der Waals surface area contributed by atoms with Crippen LogP contribution in [0.15, 0.2) is 34.8 Å². The van der Waals surface area contributed by atoms with Gasteiger partial charge in [-0.3, -0.25) is 14.9 Å². The molecule has 2 rings (SSSR count). The summed E-state index contributed by atoms with van der Waals surface area (Å²) in [5, 5.41) is 10.7. The number of benzene rings is 2. The van der Waals surface area contributed by atoms with Gasteiger partial charge in [0.15, 0.2) is 17.9 Å². The zero-order chi connectivity index (χ0) is 15.6. The molecule has 0 saturated heterocycles. The van der Waals surface area contributed by atoms with Crippen molar-refractivity contribution in [2.75, 3.05) is 0 Å². The van der Waals surface area contributed by atoms with Crippen LogP contribution in [0.3, 0.4) is 0 Å². The number of aldehydes is 1. The average Bonchev–Trinajstić information content (AvgIpc) is 2.43. The molecule has 0 spiro atoms. The lowest BCUT2D eigenvalue weighted by Gasteiger charge is -2.08. The molecular weight excluding hydrogens is 352 g/mol. The molecule has 0 heterocycles. The molecule has 21 heavy (non-hydrogen) atoms. The molecule has 0 atom stereocenters. The predicted octanol–water partition coefficient (Wildman–Crippen LogP) is 4.24. The van der Waals surface area contributed by atoms with Crippen LogP contribution in [0.4, 0.5) is 14.5 Å². The molecule has 108 valence electrons.